The monoisotopic (exact) mass is 341 g/mol. The minimum Gasteiger partial charge on any atom is -0.493 e. The molecule has 0 aliphatic heterocycles. The molecule has 5 heteroatoms. The molecule has 2 rings (SSSR count). The van der Waals surface area contributed by atoms with E-state index in [0.717, 1.165) is 12.0 Å². The summed E-state index contributed by atoms with van der Waals surface area (Å²) in [5, 5.41) is 2.87. The molecule has 0 heterocycles. The summed E-state index contributed by atoms with van der Waals surface area (Å²) in [6.45, 7) is 0.580. The van der Waals surface area contributed by atoms with E-state index in [1.165, 1.54) is 11.6 Å². The fourth-order valence-corrected chi connectivity index (χ4v) is 2.45. The van der Waals surface area contributed by atoms with Crippen molar-refractivity contribution in [2.45, 2.75) is 6.42 Å². The van der Waals surface area contributed by atoms with Crippen molar-refractivity contribution in [3.63, 3.8) is 0 Å². The van der Waals surface area contributed by atoms with Crippen molar-refractivity contribution in [1.82, 2.24) is 5.32 Å². The number of hydrogen-bond acceptors (Lipinski definition) is 4. The first-order valence-corrected chi connectivity index (χ1v) is 7.98. The Morgan fingerprint density at radius 2 is 1.68 bits per heavy atom. The molecule has 5 nitrogen and oxygen atoms in total. The molecule has 0 radical (unpaired) electrons. The lowest BCUT2D eigenvalue weighted by atomic mass is 10.1. The lowest BCUT2D eigenvalue weighted by Crippen LogP contribution is -2.23. The first-order valence-electron chi connectivity index (χ1n) is 7.98. The zero-order valence-corrected chi connectivity index (χ0v) is 14.7. The fourth-order valence-electron chi connectivity index (χ4n) is 2.45. The molecule has 0 unspecified atom stereocenters. The second-order valence-corrected chi connectivity index (χ2v) is 5.28. The number of benzene rings is 2. The molecular formula is C20H23NO4. The van der Waals surface area contributed by atoms with E-state index in [2.05, 4.69) is 5.32 Å². The number of amides is 1. The van der Waals surface area contributed by atoms with Gasteiger partial charge in [-0.25, -0.2) is 0 Å². The molecule has 0 aliphatic carbocycles. The van der Waals surface area contributed by atoms with Gasteiger partial charge in [-0.05, 0) is 30.2 Å². The number of carbonyl (C=O) groups is 1. The lowest BCUT2D eigenvalue weighted by molar-refractivity contribution is -0.116. The van der Waals surface area contributed by atoms with Crippen LogP contribution in [0.4, 0.5) is 0 Å². The maximum Gasteiger partial charge on any atom is 0.244 e. The van der Waals surface area contributed by atoms with Crippen molar-refractivity contribution in [3.8, 4) is 17.2 Å². The normalized spacial score (nSPS) is 10.5. The molecule has 132 valence electrons. The standard InChI is InChI=1S/C20H23NO4/c1-23-17-11-9-16(19(24-2)20(17)25-3)10-12-18(22)21-14-13-15-7-5-4-6-8-15/h4-12H,13-14H2,1-3H3,(H,21,22). The molecule has 0 saturated heterocycles. The zero-order chi connectivity index (χ0) is 18.1. The van der Waals surface area contributed by atoms with Gasteiger partial charge in [-0.1, -0.05) is 30.3 Å². The van der Waals surface area contributed by atoms with Crippen molar-refractivity contribution < 1.29 is 19.0 Å². The molecule has 0 atom stereocenters. The van der Waals surface area contributed by atoms with Gasteiger partial charge in [0.05, 0.1) is 21.3 Å². The van der Waals surface area contributed by atoms with Gasteiger partial charge < -0.3 is 19.5 Å². The summed E-state index contributed by atoms with van der Waals surface area (Å²) in [5.41, 5.74) is 1.92. The maximum absolute atomic E-state index is 12.0. The van der Waals surface area contributed by atoms with Crippen LogP contribution < -0.4 is 19.5 Å². The minimum atomic E-state index is -0.159. The number of ether oxygens (including phenoxy) is 3. The molecule has 0 bridgehead atoms. The molecule has 1 N–H and O–H groups in total. The summed E-state index contributed by atoms with van der Waals surface area (Å²) in [6.07, 6.45) is 3.97. The third kappa shape index (κ3) is 5.01. The summed E-state index contributed by atoms with van der Waals surface area (Å²) in [5.74, 6) is 1.43. The number of nitrogens with one attached hydrogen (secondary N) is 1. The summed E-state index contributed by atoms with van der Waals surface area (Å²) in [6, 6.07) is 13.6. The van der Waals surface area contributed by atoms with E-state index >= 15 is 0 Å². The van der Waals surface area contributed by atoms with E-state index < -0.39 is 0 Å². The Morgan fingerprint density at radius 1 is 0.960 bits per heavy atom. The second-order valence-electron chi connectivity index (χ2n) is 5.28. The zero-order valence-electron chi connectivity index (χ0n) is 14.7. The number of rotatable bonds is 8. The van der Waals surface area contributed by atoms with Gasteiger partial charge in [-0.2, -0.15) is 0 Å². The number of hydrogen-bond donors (Lipinski definition) is 1. The summed E-state index contributed by atoms with van der Waals surface area (Å²) in [4.78, 5) is 12.0. The average molecular weight is 341 g/mol. The van der Waals surface area contributed by atoms with Gasteiger partial charge >= 0.3 is 0 Å². The van der Waals surface area contributed by atoms with Gasteiger partial charge in [0.15, 0.2) is 11.5 Å². The largest absolute Gasteiger partial charge is 0.493 e. The Kier molecular flexibility index (Phi) is 6.89. The van der Waals surface area contributed by atoms with Crippen LogP contribution in [0.15, 0.2) is 48.5 Å². The SMILES string of the molecule is COc1ccc(C=CC(=O)NCCc2ccccc2)c(OC)c1OC. The van der Waals surface area contributed by atoms with Gasteiger partial charge in [0, 0.05) is 18.2 Å². The van der Waals surface area contributed by atoms with Crippen LogP contribution in [0.25, 0.3) is 6.08 Å². The second kappa shape index (κ2) is 9.37. The van der Waals surface area contributed by atoms with Crippen LogP contribution >= 0.6 is 0 Å². The highest BCUT2D eigenvalue weighted by atomic mass is 16.5. The van der Waals surface area contributed by atoms with Crippen molar-refractivity contribution >= 4 is 12.0 Å². The van der Waals surface area contributed by atoms with Gasteiger partial charge in [-0.3, -0.25) is 4.79 Å². The van der Waals surface area contributed by atoms with Gasteiger partial charge in [0.25, 0.3) is 0 Å². The van der Waals surface area contributed by atoms with Crippen LogP contribution in [0.1, 0.15) is 11.1 Å². The average Bonchev–Trinajstić information content (AvgIpc) is 2.66. The Balaban J connectivity index is 1.99. The first kappa shape index (κ1) is 18.4. The highest BCUT2D eigenvalue weighted by Crippen LogP contribution is 2.40. The van der Waals surface area contributed by atoms with Crippen LogP contribution in [-0.2, 0) is 11.2 Å². The lowest BCUT2D eigenvalue weighted by Gasteiger charge is -2.13. The molecule has 0 spiro atoms. The molecular weight excluding hydrogens is 318 g/mol. The molecule has 0 aromatic heterocycles. The van der Waals surface area contributed by atoms with Crippen molar-refractivity contribution in [3.05, 3.63) is 59.7 Å². The fraction of sp³-hybridized carbons (Fsp3) is 0.250. The van der Waals surface area contributed by atoms with Crippen LogP contribution in [-0.4, -0.2) is 33.8 Å². The van der Waals surface area contributed by atoms with Crippen LogP contribution in [0.2, 0.25) is 0 Å². The summed E-state index contributed by atoms with van der Waals surface area (Å²) < 4.78 is 16.0. The predicted octanol–water partition coefficient (Wildman–Crippen LogP) is 3.08. The molecule has 25 heavy (non-hydrogen) atoms. The Labute approximate surface area is 148 Å². The van der Waals surface area contributed by atoms with Gasteiger partial charge in [-0.15, -0.1) is 0 Å². The molecule has 0 fully saturated rings. The van der Waals surface area contributed by atoms with Gasteiger partial charge in [0.1, 0.15) is 0 Å². The van der Waals surface area contributed by atoms with E-state index in [1.807, 2.05) is 36.4 Å². The van der Waals surface area contributed by atoms with Crippen molar-refractivity contribution in [2.75, 3.05) is 27.9 Å². The van der Waals surface area contributed by atoms with Crippen LogP contribution in [0.3, 0.4) is 0 Å². The van der Waals surface area contributed by atoms with E-state index in [4.69, 9.17) is 14.2 Å². The van der Waals surface area contributed by atoms with Crippen LogP contribution in [0.5, 0.6) is 17.2 Å². The van der Waals surface area contributed by atoms with Crippen molar-refractivity contribution in [1.29, 1.82) is 0 Å². The topological polar surface area (TPSA) is 56.8 Å². The molecule has 2 aromatic rings. The smallest absolute Gasteiger partial charge is 0.244 e. The highest BCUT2D eigenvalue weighted by Gasteiger charge is 2.14. The number of carbonyl (C=O) groups excluding carboxylic acids is 1. The Morgan fingerprint density at radius 3 is 2.32 bits per heavy atom. The minimum absolute atomic E-state index is 0.159. The highest BCUT2D eigenvalue weighted by molar-refractivity contribution is 5.92. The predicted molar refractivity (Wildman–Crippen MR) is 98.3 cm³/mol. The van der Waals surface area contributed by atoms with E-state index in [-0.39, 0.29) is 5.91 Å². The maximum atomic E-state index is 12.0. The molecule has 2 aromatic carbocycles. The number of methoxy groups -OCH3 is 3. The molecule has 0 saturated carbocycles. The van der Waals surface area contributed by atoms with E-state index in [9.17, 15) is 4.79 Å². The quantitative estimate of drug-likeness (QED) is 0.750. The first-order chi connectivity index (χ1) is 12.2. The van der Waals surface area contributed by atoms with E-state index in [1.54, 1.807) is 33.5 Å². The summed E-state index contributed by atoms with van der Waals surface area (Å²) >= 11 is 0. The summed E-state index contributed by atoms with van der Waals surface area (Å²) in [7, 11) is 4.66. The Hall–Kier alpha value is -2.95. The van der Waals surface area contributed by atoms with Crippen LogP contribution in [0, 0.1) is 0 Å². The van der Waals surface area contributed by atoms with Crippen molar-refractivity contribution in [2.24, 2.45) is 0 Å². The third-order valence-corrected chi connectivity index (χ3v) is 3.70. The van der Waals surface area contributed by atoms with Gasteiger partial charge in [0.2, 0.25) is 11.7 Å². The molecule has 0 aliphatic rings. The van der Waals surface area contributed by atoms with E-state index in [0.29, 0.717) is 23.8 Å². The Bertz CT molecular complexity index is 726. The third-order valence-electron chi connectivity index (χ3n) is 3.70. The molecule has 1 amide bonds.